The van der Waals surface area contributed by atoms with Gasteiger partial charge in [-0.3, -0.25) is 4.79 Å². The zero-order chi connectivity index (χ0) is 19.2. The summed E-state index contributed by atoms with van der Waals surface area (Å²) in [6.45, 7) is 4.68. The van der Waals surface area contributed by atoms with Gasteiger partial charge in [-0.25, -0.2) is 0 Å². The first-order chi connectivity index (χ1) is 13.0. The van der Waals surface area contributed by atoms with Gasteiger partial charge >= 0.3 is 0 Å². The van der Waals surface area contributed by atoms with Crippen LogP contribution in [0, 0.1) is 0 Å². The number of amides is 1. The second-order valence-electron chi connectivity index (χ2n) is 6.76. The van der Waals surface area contributed by atoms with E-state index in [1.165, 1.54) is 11.8 Å². The summed E-state index contributed by atoms with van der Waals surface area (Å²) in [6, 6.07) is 9.69. The predicted molar refractivity (Wildman–Crippen MR) is 108 cm³/mol. The summed E-state index contributed by atoms with van der Waals surface area (Å²) in [6.07, 6.45) is 3.70. The molecule has 0 aliphatic carbocycles. The van der Waals surface area contributed by atoms with Gasteiger partial charge in [-0.2, -0.15) is 4.98 Å². The molecule has 28 heavy (non-hydrogen) atoms. The van der Waals surface area contributed by atoms with Crippen LogP contribution in [0.15, 0.2) is 51.8 Å². The highest BCUT2D eigenvalue weighted by Crippen LogP contribution is 2.18. The number of furan rings is 1. The molecule has 0 fully saturated rings. The maximum absolute atomic E-state index is 12.1. The lowest BCUT2D eigenvalue weighted by Crippen LogP contribution is -2.32. The largest absolute Gasteiger partial charge is 0.472 e. The van der Waals surface area contributed by atoms with Gasteiger partial charge in [-0.15, -0.1) is 12.4 Å². The maximum Gasteiger partial charge on any atom is 0.227 e. The van der Waals surface area contributed by atoms with Crippen molar-refractivity contribution in [3.63, 3.8) is 0 Å². The van der Waals surface area contributed by atoms with Gasteiger partial charge in [0.15, 0.2) is 0 Å². The van der Waals surface area contributed by atoms with Crippen molar-refractivity contribution in [2.45, 2.75) is 38.6 Å². The molecule has 0 aliphatic heterocycles. The minimum Gasteiger partial charge on any atom is -0.472 e. The Morgan fingerprint density at radius 2 is 1.89 bits per heavy atom. The first-order valence-electron chi connectivity index (χ1n) is 9.00. The van der Waals surface area contributed by atoms with Gasteiger partial charge in [-0.05, 0) is 23.1 Å². The molecule has 150 valence electrons. The number of nitrogens with zero attached hydrogens (tertiary/aromatic N) is 2. The number of aromatic nitrogens is 2. The molecule has 0 saturated carbocycles. The maximum atomic E-state index is 12.1. The molecule has 1 atom stereocenters. The Bertz CT molecular complexity index is 860. The second kappa shape index (κ2) is 10.1. The number of hydrogen-bond acceptors (Lipinski definition) is 6. The van der Waals surface area contributed by atoms with E-state index in [1.807, 2.05) is 12.1 Å². The molecule has 2 aromatic heterocycles. The van der Waals surface area contributed by atoms with Gasteiger partial charge < -0.3 is 20.0 Å². The van der Waals surface area contributed by atoms with Crippen molar-refractivity contribution >= 4 is 18.3 Å². The van der Waals surface area contributed by atoms with Crippen LogP contribution in [0.25, 0.3) is 11.4 Å². The van der Waals surface area contributed by atoms with E-state index in [0.29, 0.717) is 30.6 Å². The number of hydrogen-bond donors (Lipinski definition) is 2. The van der Waals surface area contributed by atoms with Crippen molar-refractivity contribution in [3.05, 3.63) is 59.9 Å². The monoisotopic (exact) mass is 404 g/mol. The van der Waals surface area contributed by atoms with E-state index >= 15 is 0 Å². The lowest BCUT2D eigenvalue weighted by molar-refractivity contribution is -0.121. The van der Waals surface area contributed by atoms with E-state index in [1.54, 1.807) is 12.3 Å². The Morgan fingerprint density at radius 3 is 2.54 bits per heavy atom. The Labute approximate surface area is 170 Å². The lowest BCUT2D eigenvalue weighted by atomic mass is 9.99. The smallest absolute Gasteiger partial charge is 0.227 e. The fourth-order valence-corrected chi connectivity index (χ4v) is 2.64. The number of carbonyl (C=O) groups excluding carboxylic acids is 1. The normalized spacial score (nSPS) is 11.9. The molecule has 3 aromatic rings. The van der Waals surface area contributed by atoms with Gasteiger partial charge in [0.1, 0.15) is 6.26 Å². The Morgan fingerprint density at radius 1 is 1.18 bits per heavy atom. The van der Waals surface area contributed by atoms with Crippen LogP contribution in [0.4, 0.5) is 0 Å². The topological polar surface area (TPSA) is 107 Å². The number of halogens is 1. The molecule has 0 spiro atoms. The quantitative estimate of drug-likeness (QED) is 0.593. The number of aryl methyl sites for hydroxylation is 1. The predicted octanol–water partition coefficient (Wildman–Crippen LogP) is 3.62. The number of benzene rings is 1. The molecule has 8 heteroatoms. The fourth-order valence-electron chi connectivity index (χ4n) is 2.64. The molecule has 7 nitrogen and oxygen atoms in total. The molecule has 3 N–H and O–H groups in total. The Kier molecular flexibility index (Phi) is 7.78. The summed E-state index contributed by atoms with van der Waals surface area (Å²) < 4.78 is 10.1. The van der Waals surface area contributed by atoms with Crippen LogP contribution in [-0.2, 0) is 11.2 Å². The van der Waals surface area contributed by atoms with Crippen LogP contribution in [-0.4, -0.2) is 22.6 Å². The highest BCUT2D eigenvalue weighted by Gasteiger charge is 2.13. The van der Waals surface area contributed by atoms with Crippen molar-refractivity contribution in [3.8, 4) is 11.4 Å². The molecule has 1 unspecified atom stereocenters. The number of nitrogens with one attached hydrogen (secondary N) is 1. The van der Waals surface area contributed by atoms with Gasteiger partial charge in [-0.1, -0.05) is 43.3 Å². The molecule has 0 bridgehead atoms. The SMILES string of the molecule is CC(C)c1ccc(C(N)CNC(=O)CCc2nc(-c3ccoc3)no2)cc1.Cl. The zero-order valence-electron chi connectivity index (χ0n) is 15.9. The molecule has 1 aromatic carbocycles. The van der Waals surface area contributed by atoms with E-state index in [9.17, 15) is 4.79 Å². The minimum atomic E-state index is -0.244. The molecular formula is C20H25ClN4O3. The number of rotatable bonds is 8. The lowest BCUT2D eigenvalue weighted by Gasteiger charge is -2.14. The zero-order valence-corrected chi connectivity index (χ0v) is 16.7. The first-order valence-corrected chi connectivity index (χ1v) is 9.00. The van der Waals surface area contributed by atoms with Gasteiger partial charge in [0, 0.05) is 25.4 Å². The van der Waals surface area contributed by atoms with Crippen LogP contribution < -0.4 is 11.1 Å². The molecule has 0 saturated heterocycles. The third-order valence-electron chi connectivity index (χ3n) is 4.36. The van der Waals surface area contributed by atoms with Crippen molar-refractivity contribution in [1.29, 1.82) is 0 Å². The first kappa shape index (κ1) is 21.7. The van der Waals surface area contributed by atoms with Crippen molar-refractivity contribution in [1.82, 2.24) is 15.5 Å². The van der Waals surface area contributed by atoms with E-state index in [0.717, 1.165) is 11.1 Å². The molecule has 0 aliphatic rings. The van der Waals surface area contributed by atoms with Gasteiger partial charge in [0.05, 0.1) is 11.8 Å². The fraction of sp³-hybridized carbons (Fsp3) is 0.350. The third kappa shape index (κ3) is 5.68. The summed E-state index contributed by atoms with van der Waals surface area (Å²) in [5, 5.41) is 6.73. The minimum absolute atomic E-state index is 0. The highest BCUT2D eigenvalue weighted by atomic mass is 35.5. The number of carbonyl (C=O) groups is 1. The van der Waals surface area contributed by atoms with Crippen molar-refractivity contribution < 1.29 is 13.7 Å². The van der Waals surface area contributed by atoms with Crippen LogP contribution in [0.5, 0.6) is 0 Å². The van der Waals surface area contributed by atoms with Crippen molar-refractivity contribution in [2.75, 3.05) is 6.54 Å². The van der Waals surface area contributed by atoms with Gasteiger partial charge in [0.2, 0.25) is 17.6 Å². The summed E-state index contributed by atoms with van der Waals surface area (Å²) >= 11 is 0. The Hall–Kier alpha value is -2.64. The molecular weight excluding hydrogens is 380 g/mol. The van der Waals surface area contributed by atoms with Crippen LogP contribution in [0.2, 0.25) is 0 Å². The average Bonchev–Trinajstić information content (AvgIpc) is 3.35. The molecule has 0 radical (unpaired) electrons. The van der Waals surface area contributed by atoms with Crippen LogP contribution in [0.1, 0.15) is 49.2 Å². The Balaban J connectivity index is 0.00000280. The molecule has 2 heterocycles. The second-order valence-corrected chi connectivity index (χ2v) is 6.76. The summed E-state index contributed by atoms with van der Waals surface area (Å²) in [4.78, 5) is 16.3. The van der Waals surface area contributed by atoms with Crippen LogP contribution in [0.3, 0.4) is 0 Å². The van der Waals surface area contributed by atoms with E-state index in [4.69, 9.17) is 14.7 Å². The van der Waals surface area contributed by atoms with E-state index in [-0.39, 0.29) is 30.8 Å². The summed E-state index contributed by atoms with van der Waals surface area (Å²) in [5.41, 5.74) is 9.18. The highest BCUT2D eigenvalue weighted by molar-refractivity contribution is 5.85. The van der Waals surface area contributed by atoms with Crippen LogP contribution >= 0.6 is 12.4 Å². The standard InChI is InChI=1S/C20H24N4O3.ClH/c1-13(2)14-3-5-15(6-4-14)17(21)11-22-18(25)7-8-19-23-20(24-27-19)16-9-10-26-12-16;/h3-6,9-10,12-13,17H,7-8,11,21H2,1-2H3,(H,22,25);1H. The van der Waals surface area contributed by atoms with Crippen molar-refractivity contribution in [2.24, 2.45) is 5.73 Å². The van der Waals surface area contributed by atoms with E-state index < -0.39 is 0 Å². The third-order valence-corrected chi connectivity index (χ3v) is 4.36. The molecule has 1 amide bonds. The van der Waals surface area contributed by atoms with Gasteiger partial charge in [0.25, 0.3) is 0 Å². The summed E-state index contributed by atoms with van der Waals surface area (Å²) in [7, 11) is 0. The average molecular weight is 405 g/mol. The van der Waals surface area contributed by atoms with E-state index in [2.05, 4.69) is 41.4 Å². The summed E-state index contributed by atoms with van der Waals surface area (Å²) in [5.74, 6) is 1.24. The molecule has 3 rings (SSSR count). The number of nitrogens with two attached hydrogens (primary N) is 1.